The predicted molar refractivity (Wildman–Crippen MR) is 73.2 cm³/mol. The first kappa shape index (κ1) is 15.0. The lowest BCUT2D eigenvalue weighted by Gasteiger charge is -2.30. The topological polar surface area (TPSA) is 77.2 Å². The van der Waals surface area contributed by atoms with Crippen LogP contribution in [0.15, 0.2) is 6.07 Å². The fourth-order valence-electron chi connectivity index (χ4n) is 2.26. The van der Waals surface area contributed by atoms with Gasteiger partial charge in [-0.25, -0.2) is 0 Å². The normalized spacial score (nSPS) is 11.7. The number of hydrogen-bond donors (Lipinski definition) is 1. The van der Waals surface area contributed by atoms with Crippen LogP contribution >= 0.6 is 0 Å². The minimum atomic E-state index is -0.841. The standard InChI is InChI=1S/C14H19N3O2/c1-5-17(10(3)7-14(18)19)13-6-9(2)16-11(4)12(13)8-15/h6,10H,5,7H2,1-4H3,(H,18,19). The van der Waals surface area contributed by atoms with Crippen LogP contribution in [0, 0.1) is 25.2 Å². The lowest BCUT2D eigenvalue weighted by atomic mass is 10.1. The number of pyridine rings is 1. The highest BCUT2D eigenvalue weighted by Crippen LogP contribution is 2.25. The molecule has 0 saturated heterocycles. The Hall–Kier alpha value is -2.09. The second-order valence-corrected chi connectivity index (χ2v) is 4.59. The van der Waals surface area contributed by atoms with Gasteiger partial charge in [0, 0.05) is 18.3 Å². The number of nitrogens with zero attached hydrogens (tertiary/aromatic N) is 3. The monoisotopic (exact) mass is 261 g/mol. The molecule has 1 aromatic rings. The van der Waals surface area contributed by atoms with E-state index in [0.29, 0.717) is 17.8 Å². The highest BCUT2D eigenvalue weighted by Gasteiger charge is 2.20. The van der Waals surface area contributed by atoms with Crippen molar-refractivity contribution in [3.8, 4) is 6.07 Å². The van der Waals surface area contributed by atoms with Gasteiger partial charge in [-0.05, 0) is 33.8 Å². The molecule has 0 aliphatic carbocycles. The van der Waals surface area contributed by atoms with Crippen LogP contribution in [0.2, 0.25) is 0 Å². The molecule has 0 aliphatic rings. The third-order valence-electron chi connectivity index (χ3n) is 3.07. The smallest absolute Gasteiger partial charge is 0.305 e. The molecule has 0 radical (unpaired) electrons. The summed E-state index contributed by atoms with van der Waals surface area (Å²) in [5, 5.41) is 18.2. The number of carbonyl (C=O) groups is 1. The predicted octanol–water partition coefficient (Wildman–Crippen LogP) is 2.26. The summed E-state index contributed by atoms with van der Waals surface area (Å²) in [6.45, 7) is 8.11. The van der Waals surface area contributed by atoms with Crippen molar-refractivity contribution < 1.29 is 9.90 Å². The van der Waals surface area contributed by atoms with Crippen molar-refractivity contribution in [2.24, 2.45) is 0 Å². The van der Waals surface area contributed by atoms with E-state index in [2.05, 4.69) is 11.1 Å². The zero-order chi connectivity index (χ0) is 14.6. The van der Waals surface area contributed by atoms with Crippen LogP contribution in [-0.2, 0) is 4.79 Å². The number of aryl methyl sites for hydroxylation is 2. The van der Waals surface area contributed by atoms with Gasteiger partial charge < -0.3 is 10.0 Å². The summed E-state index contributed by atoms with van der Waals surface area (Å²) in [5.41, 5.74) is 2.79. The van der Waals surface area contributed by atoms with Gasteiger partial charge in [-0.1, -0.05) is 0 Å². The van der Waals surface area contributed by atoms with E-state index in [0.717, 1.165) is 11.4 Å². The molecule has 0 fully saturated rings. The van der Waals surface area contributed by atoms with E-state index in [1.165, 1.54) is 0 Å². The molecule has 1 heterocycles. The maximum absolute atomic E-state index is 10.8. The zero-order valence-corrected chi connectivity index (χ0v) is 11.8. The van der Waals surface area contributed by atoms with Crippen molar-refractivity contribution in [3.63, 3.8) is 0 Å². The van der Waals surface area contributed by atoms with Crippen LogP contribution in [0.1, 0.15) is 37.2 Å². The molecule has 19 heavy (non-hydrogen) atoms. The fraction of sp³-hybridized carbons (Fsp3) is 0.500. The molecule has 0 aromatic carbocycles. The molecule has 5 heteroatoms. The van der Waals surface area contributed by atoms with Gasteiger partial charge >= 0.3 is 5.97 Å². The average Bonchev–Trinajstić information content (AvgIpc) is 2.28. The van der Waals surface area contributed by atoms with Gasteiger partial charge in [0.15, 0.2) is 0 Å². The molecule has 0 bridgehead atoms. The van der Waals surface area contributed by atoms with E-state index >= 15 is 0 Å². The van der Waals surface area contributed by atoms with Crippen molar-refractivity contribution >= 4 is 11.7 Å². The maximum atomic E-state index is 10.8. The van der Waals surface area contributed by atoms with E-state index < -0.39 is 5.97 Å². The van der Waals surface area contributed by atoms with Gasteiger partial charge in [-0.15, -0.1) is 0 Å². The second-order valence-electron chi connectivity index (χ2n) is 4.59. The number of nitriles is 1. The third kappa shape index (κ3) is 3.44. The molecular formula is C14H19N3O2. The quantitative estimate of drug-likeness (QED) is 0.879. The zero-order valence-electron chi connectivity index (χ0n) is 11.8. The highest BCUT2D eigenvalue weighted by atomic mass is 16.4. The Morgan fingerprint density at radius 2 is 2.21 bits per heavy atom. The van der Waals surface area contributed by atoms with Crippen LogP contribution in [0.3, 0.4) is 0 Å². The Morgan fingerprint density at radius 1 is 1.58 bits per heavy atom. The van der Waals surface area contributed by atoms with Gasteiger partial charge in [0.25, 0.3) is 0 Å². The molecule has 1 rings (SSSR count). The Bertz CT molecular complexity index is 520. The van der Waals surface area contributed by atoms with Gasteiger partial charge in [-0.2, -0.15) is 5.26 Å². The van der Waals surface area contributed by atoms with Gasteiger partial charge in [0.1, 0.15) is 6.07 Å². The van der Waals surface area contributed by atoms with Crippen LogP contribution in [0.25, 0.3) is 0 Å². The fourth-order valence-corrected chi connectivity index (χ4v) is 2.26. The number of aliphatic carboxylic acids is 1. The van der Waals surface area contributed by atoms with Gasteiger partial charge in [-0.3, -0.25) is 9.78 Å². The summed E-state index contributed by atoms with van der Waals surface area (Å²) < 4.78 is 0. The molecule has 0 saturated carbocycles. The molecule has 5 nitrogen and oxygen atoms in total. The van der Waals surface area contributed by atoms with E-state index in [-0.39, 0.29) is 12.5 Å². The molecule has 0 spiro atoms. The number of rotatable bonds is 5. The van der Waals surface area contributed by atoms with E-state index in [9.17, 15) is 10.1 Å². The number of aromatic nitrogens is 1. The minimum absolute atomic E-state index is 0.0408. The molecule has 1 aromatic heterocycles. The van der Waals surface area contributed by atoms with Crippen LogP contribution in [-0.4, -0.2) is 28.6 Å². The third-order valence-corrected chi connectivity index (χ3v) is 3.07. The van der Waals surface area contributed by atoms with E-state index in [1.54, 1.807) is 6.92 Å². The van der Waals surface area contributed by atoms with E-state index in [1.807, 2.05) is 31.7 Å². The number of carboxylic acids is 1. The van der Waals surface area contributed by atoms with Crippen molar-refractivity contribution in [2.45, 2.75) is 40.2 Å². The molecule has 1 atom stereocenters. The van der Waals surface area contributed by atoms with Crippen LogP contribution < -0.4 is 4.90 Å². The Morgan fingerprint density at radius 3 is 2.68 bits per heavy atom. The number of carboxylic acid groups (broad SMARTS) is 1. The van der Waals surface area contributed by atoms with Crippen LogP contribution in [0.4, 0.5) is 5.69 Å². The summed E-state index contributed by atoms with van der Waals surface area (Å²) in [5.74, 6) is -0.841. The molecule has 0 aliphatic heterocycles. The highest BCUT2D eigenvalue weighted by molar-refractivity contribution is 5.69. The summed E-state index contributed by atoms with van der Waals surface area (Å²) in [6.07, 6.45) is 0.0408. The van der Waals surface area contributed by atoms with Crippen molar-refractivity contribution in [1.29, 1.82) is 5.26 Å². The average molecular weight is 261 g/mol. The molecule has 1 unspecified atom stereocenters. The SMILES string of the molecule is CCN(c1cc(C)nc(C)c1C#N)C(C)CC(=O)O. The molecule has 102 valence electrons. The van der Waals surface area contributed by atoms with Crippen molar-refractivity contribution in [1.82, 2.24) is 4.98 Å². The molecular weight excluding hydrogens is 242 g/mol. The maximum Gasteiger partial charge on any atom is 0.305 e. The number of anilines is 1. The summed E-state index contributed by atoms with van der Waals surface area (Å²) in [4.78, 5) is 17.1. The Balaban J connectivity index is 3.25. The lowest BCUT2D eigenvalue weighted by molar-refractivity contribution is -0.137. The largest absolute Gasteiger partial charge is 0.481 e. The summed E-state index contributed by atoms with van der Waals surface area (Å²) in [6, 6.07) is 3.83. The first-order valence-corrected chi connectivity index (χ1v) is 6.27. The first-order valence-electron chi connectivity index (χ1n) is 6.27. The van der Waals surface area contributed by atoms with Crippen LogP contribution in [0.5, 0.6) is 0 Å². The van der Waals surface area contributed by atoms with Crippen molar-refractivity contribution in [2.75, 3.05) is 11.4 Å². The van der Waals surface area contributed by atoms with Crippen molar-refractivity contribution in [3.05, 3.63) is 23.0 Å². The second kappa shape index (κ2) is 6.19. The Kier molecular flexibility index (Phi) is 4.87. The lowest BCUT2D eigenvalue weighted by Crippen LogP contribution is -2.35. The molecule has 0 amide bonds. The summed E-state index contributed by atoms with van der Waals surface area (Å²) in [7, 11) is 0. The molecule has 1 N–H and O–H groups in total. The first-order chi connectivity index (χ1) is 8.90. The van der Waals surface area contributed by atoms with E-state index in [4.69, 9.17) is 5.11 Å². The Labute approximate surface area is 113 Å². The van der Waals surface area contributed by atoms with Gasteiger partial charge in [0.05, 0.1) is 23.4 Å². The summed E-state index contributed by atoms with van der Waals surface area (Å²) >= 11 is 0. The minimum Gasteiger partial charge on any atom is -0.481 e. The number of hydrogen-bond acceptors (Lipinski definition) is 4. The van der Waals surface area contributed by atoms with Gasteiger partial charge in [0.2, 0.25) is 0 Å².